The minimum absolute atomic E-state index is 0.0221. The maximum absolute atomic E-state index is 10.7. The van der Waals surface area contributed by atoms with Crippen LogP contribution in [0.5, 0.6) is 0 Å². The van der Waals surface area contributed by atoms with Crippen LogP contribution in [0.2, 0.25) is 0 Å². The Labute approximate surface area is 83.9 Å². The molecular weight excluding hydrogens is 180 g/mol. The zero-order valence-electron chi connectivity index (χ0n) is 8.42. The van der Waals surface area contributed by atoms with Gasteiger partial charge >= 0.3 is 0 Å². The van der Waals surface area contributed by atoms with E-state index < -0.39 is 5.60 Å². The molecule has 0 heterocycles. The Morgan fingerprint density at radius 1 is 1.64 bits per heavy atom. The van der Waals surface area contributed by atoms with Gasteiger partial charge in [-0.1, -0.05) is 0 Å². The average Bonchev–Trinajstić information content (AvgIpc) is 2.17. The first-order chi connectivity index (χ1) is 6.56. The summed E-state index contributed by atoms with van der Waals surface area (Å²) < 4.78 is 0. The van der Waals surface area contributed by atoms with Crippen molar-refractivity contribution < 1.29 is 9.90 Å². The summed E-state index contributed by atoms with van der Waals surface area (Å²) in [6, 6.07) is 1.93. The van der Waals surface area contributed by atoms with Crippen molar-refractivity contribution in [2.75, 3.05) is 6.54 Å². The average molecular weight is 196 g/mol. The maximum atomic E-state index is 10.7. The van der Waals surface area contributed by atoms with Crippen molar-refractivity contribution in [3.63, 3.8) is 0 Å². The fraction of sp³-hybridized carbons (Fsp3) is 0.800. The molecule has 0 bridgehead atoms. The van der Waals surface area contributed by atoms with Crippen LogP contribution in [0.3, 0.4) is 0 Å². The Balaban J connectivity index is 2.30. The number of hydrogen-bond acceptors (Lipinski definition) is 3. The van der Waals surface area contributed by atoms with Crippen molar-refractivity contribution in [3.05, 3.63) is 0 Å². The lowest BCUT2D eigenvalue weighted by atomic mass is 9.79. The van der Waals surface area contributed by atoms with Crippen LogP contribution in [-0.2, 0) is 4.79 Å². The van der Waals surface area contributed by atoms with E-state index >= 15 is 0 Å². The van der Waals surface area contributed by atoms with Gasteiger partial charge in [0, 0.05) is 13.5 Å². The maximum Gasteiger partial charge on any atom is 0.216 e. The van der Waals surface area contributed by atoms with Gasteiger partial charge in [-0.25, -0.2) is 0 Å². The normalized spacial score (nSPS) is 31.9. The van der Waals surface area contributed by atoms with Crippen LogP contribution in [0.1, 0.15) is 32.6 Å². The molecule has 0 aromatic heterocycles. The van der Waals surface area contributed by atoms with Crippen molar-refractivity contribution >= 4 is 5.91 Å². The lowest BCUT2D eigenvalue weighted by Crippen LogP contribution is -2.36. The molecular formula is C10H16N2O2. The van der Waals surface area contributed by atoms with Crippen molar-refractivity contribution in [1.82, 2.24) is 5.32 Å². The lowest BCUT2D eigenvalue weighted by Gasteiger charge is -2.30. The van der Waals surface area contributed by atoms with Gasteiger partial charge in [0.2, 0.25) is 5.91 Å². The second-order valence-corrected chi connectivity index (χ2v) is 4.02. The number of amides is 1. The molecule has 14 heavy (non-hydrogen) atoms. The summed E-state index contributed by atoms with van der Waals surface area (Å²) in [7, 11) is 0. The molecule has 1 rings (SSSR count). The van der Waals surface area contributed by atoms with E-state index in [-0.39, 0.29) is 5.91 Å². The summed E-state index contributed by atoms with van der Waals surface area (Å²) in [6.07, 6.45) is 2.66. The Morgan fingerprint density at radius 2 is 2.21 bits per heavy atom. The predicted molar refractivity (Wildman–Crippen MR) is 51.2 cm³/mol. The zero-order valence-corrected chi connectivity index (χ0v) is 8.42. The van der Waals surface area contributed by atoms with Crippen LogP contribution in [0.25, 0.3) is 0 Å². The first-order valence-corrected chi connectivity index (χ1v) is 4.94. The van der Waals surface area contributed by atoms with Gasteiger partial charge in [0.25, 0.3) is 0 Å². The molecule has 4 nitrogen and oxygen atoms in total. The van der Waals surface area contributed by atoms with E-state index in [0.717, 1.165) is 12.8 Å². The molecule has 1 aliphatic rings. The number of carbonyl (C=O) groups excluding carboxylic acids is 1. The van der Waals surface area contributed by atoms with Crippen LogP contribution >= 0.6 is 0 Å². The Morgan fingerprint density at radius 3 is 2.64 bits per heavy atom. The molecule has 78 valence electrons. The monoisotopic (exact) mass is 196 g/mol. The number of hydrogen-bond donors (Lipinski definition) is 2. The summed E-state index contributed by atoms with van der Waals surface area (Å²) in [5.41, 5.74) is -1.12. The quantitative estimate of drug-likeness (QED) is 0.634. The molecule has 1 saturated carbocycles. The molecule has 1 aliphatic carbocycles. The number of aliphatic hydroxyl groups is 1. The third kappa shape index (κ3) is 3.00. The SMILES string of the molecule is CC(=O)NCC1CCC(O)(C#N)CC1. The van der Waals surface area contributed by atoms with Crippen LogP contribution in [0.4, 0.5) is 0 Å². The van der Waals surface area contributed by atoms with Gasteiger partial charge in [0.05, 0.1) is 6.07 Å². The van der Waals surface area contributed by atoms with E-state index in [4.69, 9.17) is 5.26 Å². The van der Waals surface area contributed by atoms with Crippen LogP contribution in [0, 0.1) is 17.2 Å². The third-order valence-corrected chi connectivity index (χ3v) is 2.78. The number of nitrogens with one attached hydrogen (secondary N) is 1. The highest BCUT2D eigenvalue weighted by atomic mass is 16.3. The van der Waals surface area contributed by atoms with E-state index in [0.29, 0.717) is 25.3 Å². The Hall–Kier alpha value is -1.08. The fourth-order valence-electron chi connectivity index (χ4n) is 1.76. The Kier molecular flexibility index (Phi) is 3.48. The molecule has 0 aliphatic heterocycles. The molecule has 2 N–H and O–H groups in total. The van der Waals surface area contributed by atoms with Gasteiger partial charge in [0.1, 0.15) is 0 Å². The molecule has 0 unspecified atom stereocenters. The molecule has 1 amide bonds. The van der Waals surface area contributed by atoms with E-state index in [1.807, 2.05) is 6.07 Å². The van der Waals surface area contributed by atoms with Gasteiger partial charge in [-0.3, -0.25) is 4.79 Å². The molecule has 0 aromatic rings. The van der Waals surface area contributed by atoms with Crippen molar-refractivity contribution in [2.24, 2.45) is 5.92 Å². The minimum atomic E-state index is -1.12. The highest BCUT2D eigenvalue weighted by Gasteiger charge is 2.32. The summed E-state index contributed by atoms with van der Waals surface area (Å²) in [4.78, 5) is 10.7. The highest BCUT2D eigenvalue weighted by Crippen LogP contribution is 2.31. The second-order valence-electron chi connectivity index (χ2n) is 4.02. The summed E-state index contributed by atoms with van der Waals surface area (Å²) in [5.74, 6) is 0.388. The molecule has 4 heteroatoms. The predicted octanol–water partition coefficient (Wildman–Crippen LogP) is 0.567. The summed E-state index contributed by atoms with van der Waals surface area (Å²) in [5, 5.41) is 21.1. The largest absolute Gasteiger partial charge is 0.375 e. The van der Waals surface area contributed by atoms with E-state index in [2.05, 4.69) is 5.32 Å². The van der Waals surface area contributed by atoms with Gasteiger partial charge in [-0.2, -0.15) is 5.26 Å². The van der Waals surface area contributed by atoms with Crippen LogP contribution in [-0.4, -0.2) is 23.2 Å². The first-order valence-electron chi connectivity index (χ1n) is 4.94. The summed E-state index contributed by atoms with van der Waals surface area (Å²) in [6.45, 7) is 2.16. The fourth-order valence-corrected chi connectivity index (χ4v) is 1.76. The van der Waals surface area contributed by atoms with Gasteiger partial charge < -0.3 is 10.4 Å². The van der Waals surface area contributed by atoms with Gasteiger partial charge in [0.15, 0.2) is 5.60 Å². The second kappa shape index (κ2) is 4.43. The topological polar surface area (TPSA) is 73.1 Å². The molecule has 0 radical (unpaired) electrons. The number of carbonyl (C=O) groups is 1. The van der Waals surface area contributed by atoms with Crippen molar-refractivity contribution in [1.29, 1.82) is 5.26 Å². The third-order valence-electron chi connectivity index (χ3n) is 2.78. The lowest BCUT2D eigenvalue weighted by molar-refractivity contribution is -0.119. The standard InChI is InChI=1S/C10H16N2O2/c1-8(13)12-6-9-2-4-10(14,7-11)5-3-9/h9,14H,2-6H2,1H3,(H,12,13). The van der Waals surface area contributed by atoms with Crippen molar-refractivity contribution in [2.45, 2.75) is 38.2 Å². The summed E-state index contributed by atoms with van der Waals surface area (Å²) >= 11 is 0. The number of nitrogens with zero attached hydrogens (tertiary/aromatic N) is 1. The smallest absolute Gasteiger partial charge is 0.216 e. The van der Waals surface area contributed by atoms with Crippen molar-refractivity contribution in [3.8, 4) is 6.07 Å². The first kappa shape index (κ1) is 11.0. The van der Waals surface area contributed by atoms with E-state index in [1.54, 1.807) is 0 Å². The van der Waals surface area contributed by atoms with Gasteiger partial charge in [-0.05, 0) is 31.6 Å². The number of rotatable bonds is 2. The zero-order chi connectivity index (χ0) is 10.6. The Bertz CT molecular complexity index is 249. The van der Waals surface area contributed by atoms with Gasteiger partial charge in [-0.15, -0.1) is 0 Å². The molecule has 0 saturated heterocycles. The van der Waals surface area contributed by atoms with E-state index in [1.165, 1.54) is 6.92 Å². The minimum Gasteiger partial charge on any atom is -0.375 e. The highest BCUT2D eigenvalue weighted by molar-refractivity contribution is 5.72. The van der Waals surface area contributed by atoms with E-state index in [9.17, 15) is 9.90 Å². The van der Waals surface area contributed by atoms with Crippen LogP contribution < -0.4 is 5.32 Å². The molecule has 1 fully saturated rings. The molecule has 0 aromatic carbocycles. The molecule has 0 atom stereocenters. The number of nitriles is 1. The molecule has 0 spiro atoms. The van der Waals surface area contributed by atoms with Crippen LogP contribution in [0.15, 0.2) is 0 Å².